The lowest BCUT2D eigenvalue weighted by atomic mass is 9.98. The summed E-state index contributed by atoms with van der Waals surface area (Å²) in [5, 5.41) is 9.25. The quantitative estimate of drug-likeness (QED) is 0.675. The standard InChI is InChI=1S/C19H14F3N3O2S/c1-2-12-25-18(19(20,21)22)16(13-8-4-3-5-9-13)17(24-25)14-10-6-7-11-15(14)28(23,26)27/h3-11H,1H3,(H2,23,26,27). The number of alkyl halides is 3. The minimum absolute atomic E-state index is 0.0361. The maximum absolute atomic E-state index is 13.9. The fourth-order valence-corrected chi connectivity index (χ4v) is 3.58. The van der Waals surface area contributed by atoms with E-state index in [4.69, 9.17) is 5.14 Å². The van der Waals surface area contributed by atoms with Crippen LogP contribution in [0.5, 0.6) is 0 Å². The number of aromatic nitrogens is 2. The van der Waals surface area contributed by atoms with E-state index in [1.54, 1.807) is 18.2 Å². The van der Waals surface area contributed by atoms with Crippen molar-refractivity contribution < 1.29 is 21.6 Å². The maximum Gasteiger partial charge on any atom is 0.434 e. The molecule has 0 amide bonds. The molecule has 0 unspecified atom stereocenters. The lowest BCUT2D eigenvalue weighted by Crippen LogP contribution is -2.13. The molecule has 0 radical (unpaired) electrons. The van der Waals surface area contributed by atoms with Gasteiger partial charge < -0.3 is 0 Å². The van der Waals surface area contributed by atoms with Gasteiger partial charge in [-0.25, -0.2) is 13.6 Å². The van der Waals surface area contributed by atoms with Gasteiger partial charge in [-0.1, -0.05) is 54.5 Å². The molecule has 0 saturated carbocycles. The monoisotopic (exact) mass is 405 g/mol. The number of rotatable bonds is 3. The van der Waals surface area contributed by atoms with Crippen LogP contribution >= 0.6 is 0 Å². The normalized spacial score (nSPS) is 11.8. The van der Waals surface area contributed by atoms with Crippen molar-refractivity contribution in [2.45, 2.75) is 18.0 Å². The number of primary sulfonamides is 1. The predicted molar refractivity (Wildman–Crippen MR) is 98.3 cm³/mol. The van der Waals surface area contributed by atoms with Gasteiger partial charge in [0.2, 0.25) is 10.0 Å². The van der Waals surface area contributed by atoms with Gasteiger partial charge in [0.1, 0.15) is 5.69 Å². The zero-order valence-electron chi connectivity index (χ0n) is 14.5. The molecule has 0 fully saturated rings. The Morgan fingerprint density at radius 3 is 2.21 bits per heavy atom. The van der Waals surface area contributed by atoms with E-state index in [-0.39, 0.29) is 27.3 Å². The van der Waals surface area contributed by atoms with Crippen molar-refractivity contribution in [2.75, 3.05) is 0 Å². The molecule has 0 spiro atoms. The predicted octanol–water partition coefficient (Wildman–Crippen LogP) is 3.71. The molecule has 0 atom stereocenters. The largest absolute Gasteiger partial charge is 0.434 e. The van der Waals surface area contributed by atoms with Crippen LogP contribution in [0.1, 0.15) is 12.6 Å². The molecule has 1 aromatic heterocycles. The summed E-state index contributed by atoms with van der Waals surface area (Å²) in [5.74, 6) is 2.39. The summed E-state index contributed by atoms with van der Waals surface area (Å²) in [6, 6.07) is 15.6. The van der Waals surface area contributed by atoms with Crippen LogP contribution in [-0.4, -0.2) is 18.2 Å². The lowest BCUT2D eigenvalue weighted by molar-refractivity contribution is -0.142. The Kier molecular flexibility index (Phi) is 5.02. The second-order valence-electron chi connectivity index (χ2n) is 5.75. The van der Waals surface area contributed by atoms with Crippen LogP contribution in [0.25, 0.3) is 22.4 Å². The highest BCUT2D eigenvalue weighted by atomic mass is 32.2. The van der Waals surface area contributed by atoms with E-state index in [0.29, 0.717) is 4.68 Å². The molecular weight excluding hydrogens is 391 g/mol. The second kappa shape index (κ2) is 7.14. The van der Waals surface area contributed by atoms with Crippen LogP contribution in [-0.2, 0) is 16.2 Å². The SMILES string of the molecule is CC#Cn1nc(-c2ccccc2S(N)(=O)=O)c(-c2ccccc2)c1C(F)(F)F. The highest BCUT2D eigenvalue weighted by Crippen LogP contribution is 2.43. The van der Waals surface area contributed by atoms with Gasteiger partial charge in [0.05, 0.1) is 4.90 Å². The zero-order valence-corrected chi connectivity index (χ0v) is 15.3. The fraction of sp³-hybridized carbons (Fsp3) is 0.105. The Labute approximate surface area is 159 Å². The highest BCUT2D eigenvalue weighted by molar-refractivity contribution is 7.89. The third kappa shape index (κ3) is 3.65. The summed E-state index contributed by atoms with van der Waals surface area (Å²) in [5.41, 5.74) is -1.35. The van der Waals surface area contributed by atoms with Gasteiger partial charge in [0, 0.05) is 17.2 Å². The molecule has 0 aliphatic rings. The average molecular weight is 405 g/mol. The van der Waals surface area contributed by atoms with E-state index in [1.807, 2.05) is 0 Å². The number of benzene rings is 2. The van der Waals surface area contributed by atoms with Gasteiger partial charge in [-0.15, -0.1) is 0 Å². The molecular formula is C19H14F3N3O2S. The topological polar surface area (TPSA) is 78.0 Å². The first-order valence-electron chi connectivity index (χ1n) is 7.95. The van der Waals surface area contributed by atoms with E-state index in [2.05, 4.69) is 17.1 Å². The number of hydrogen-bond acceptors (Lipinski definition) is 3. The molecule has 28 heavy (non-hydrogen) atoms. The first-order chi connectivity index (χ1) is 13.1. The summed E-state index contributed by atoms with van der Waals surface area (Å²) in [6.07, 6.45) is -4.78. The van der Waals surface area contributed by atoms with Crippen molar-refractivity contribution in [1.29, 1.82) is 0 Å². The van der Waals surface area contributed by atoms with Crippen molar-refractivity contribution >= 4 is 10.0 Å². The molecule has 0 aliphatic carbocycles. The molecule has 0 saturated heterocycles. The Morgan fingerprint density at radius 2 is 1.64 bits per heavy atom. The molecule has 9 heteroatoms. The van der Waals surface area contributed by atoms with Gasteiger partial charge in [0.25, 0.3) is 0 Å². The van der Waals surface area contributed by atoms with Crippen molar-refractivity contribution in [2.24, 2.45) is 5.14 Å². The Hall–Kier alpha value is -3.09. The number of halogens is 3. The third-order valence-electron chi connectivity index (χ3n) is 3.88. The Balaban J connectivity index is 2.49. The van der Waals surface area contributed by atoms with Crippen LogP contribution in [0.3, 0.4) is 0 Å². The van der Waals surface area contributed by atoms with Crippen molar-refractivity contribution in [3.8, 4) is 34.3 Å². The zero-order chi connectivity index (χ0) is 20.5. The number of nitrogens with two attached hydrogens (primary N) is 1. The van der Waals surface area contributed by atoms with Crippen LogP contribution in [0.4, 0.5) is 13.2 Å². The van der Waals surface area contributed by atoms with Gasteiger partial charge in [-0.2, -0.15) is 23.0 Å². The number of hydrogen-bond donors (Lipinski definition) is 1. The smallest absolute Gasteiger partial charge is 0.225 e. The Morgan fingerprint density at radius 1 is 1.04 bits per heavy atom. The van der Waals surface area contributed by atoms with E-state index in [0.717, 1.165) is 0 Å². The average Bonchev–Trinajstić information content (AvgIpc) is 3.01. The molecule has 0 aliphatic heterocycles. The number of nitrogens with zero attached hydrogens (tertiary/aromatic N) is 2. The molecule has 1 heterocycles. The maximum atomic E-state index is 13.9. The summed E-state index contributed by atoms with van der Waals surface area (Å²) in [7, 11) is -4.20. The summed E-state index contributed by atoms with van der Waals surface area (Å²) in [4.78, 5) is -0.324. The summed E-state index contributed by atoms with van der Waals surface area (Å²) in [6.45, 7) is 1.38. The van der Waals surface area contributed by atoms with E-state index in [1.165, 1.54) is 43.3 Å². The molecule has 3 rings (SSSR count). The first kappa shape index (κ1) is 19.7. The lowest BCUT2D eigenvalue weighted by Gasteiger charge is -2.11. The highest BCUT2D eigenvalue weighted by Gasteiger charge is 2.41. The minimum Gasteiger partial charge on any atom is -0.225 e. The Bertz CT molecular complexity index is 1190. The summed E-state index contributed by atoms with van der Waals surface area (Å²) >= 11 is 0. The molecule has 2 N–H and O–H groups in total. The van der Waals surface area contributed by atoms with Crippen molar-refractivity contribution in [3.63, 3.8) is 0 Å². The molecule has 2 aromatic carbocycles. The van der Waals surface area contributed by atoms with Crippen LogP contribution in [0.15, 0.2) is 59.5 Å². The fourth-order valence-electron chi connectivity index (χ4n) is 2.84. The van der Waals surface area contributed by atoms with Crippen molar-refractivity contribution in [3.05, 3.63) is 60.3 Å². The van der Waals surface area contributed by atoms with Gasteiger partial charge >= 0.3 is 6.18 Å². The van der Waals surface area contributed by atoms with Gasteiger partial charge in [0.15, 0.2) is 5.69 Å². The molecule has 3 aromatic rings. The van der Waals surface area contributed by atoms with Crippen molar-refractivity contribution in [1.82, 2.24) is 9.78 Å². The second-order valence-corrected chi connectivity index (χ2v) is 7.28. The molecule has 144 valence electrons. The van der Waals surface area contributed by atoms with Crippen LogP contribution in [0.2, 0.25) is 0 Å². The summed E-state index contributed by atoms with van der Waals surface area (Å²) < 4.78 is 66.2. The molecule has 5 nitrogen and oxygen atoms in total. The minimum atomic E-state index is -4.78. The molecule has 0 bridgehead atoms. The third-order valence-corrected chi connectivity index (χ3v) is 4.85. The van der Waals surface area contributed by atoms with Gasteiger partial charge in [-0.05, 0) is 18.6 Å². The number of sulfonamides is 1. The first-order valence-corrected chi connectivity index (χ1v) is 9.50. The van der Waals surface area contributed by atoms with Crippen LogP contribution in [0, 0.1) is 12.0 Å². The van der Waals surface area contributed by atoms with Crippen LogP contribution < -0.4 is 5.14 Å². The van der Waals surface area contributed by atoms with E-state index in [9.17, 15) is 21.6 Å². The van der Waals surface area contributed by atoms with E-state index < -0.39 is 21.9 Å². The van der Waals surface area contributed by atoms with Gasteiger partial charge in [-0.3, -0.25) is 0 Å². The van der Waals surface area contributed by atoms with E-state index >= 15 is 0 Å².